The first kappa shape index (κ1) is 9.46. The lowest BCUT2D eigenvalue weighted by Crippen LogP contribution is -2.09. The van der Waals surface area contributed by atoms with Crippen LogP contribution in [0.25, 0.3) is 0 Å². The normalized spacial score (nSPS) is 20.5. The van der Waals surface area contributed by atoms with Gasteiger partial charge in [0.2, 0.25) is 0 Å². The van der Waals surface area contributed by atoms with Gasteiger partial charge >= 0.3 is 0 Å². The Bertz CT molecular complexity index is 194. The minimum Gasteiger partial charge on any atom is -0.396 e. The number of hydrogen-bond acceptors (Lipinski definition) is 2. The lowest BCUT2D eigenvalue weighted by molar-refractivity contribution is -0.115. The van der Waals surface area contributed by atoms with Crippen LogP contribution in [0.3, 0.4) is 0 Å². The highest BCUT2D eigenvalue weighted by molar-refractivity contribution is 5.91. The molecule has 1 atom stereocenters. The lowest BCUT2D eigenvalue weighted by atomic mass is 9.88. The smallest absolute Gasteiger partial charge is 0.155 e. The fraction of sp³-hybridized carbons (Fsp3) is 0.700. The van der Waals surface area contributed by atoms with E-state index in [-0.39, 0.29) is 12.4 Å². The van der Waals surface area contributed by atoms with Gasteiger partial charge in [-0.25, -0.2) is 0 Å². The van der Waals surface area contributed by atoms with E-state index < -0.39 is 0 Å². The summed E-state index contributed by atoms with van der Waals surface area (Å²) in [5, 5.41) is 8.72. The Kier molecular flexibility index (Phi) is 3.48. The van der Waals surface area contributed by atoms with Gasteiger partial charge in [-0.05, 0) is 31.3 Å². The van der Waals surface area contributed by atoms with Crippen molar-refractivity contribution < 1.29 is 9.90 Å². The third kappa shape index (κ3) is 2.45. The van der Waals surface area contributed by atoms with Gasteiger partial charge in [-0.15, -0.1) is 0 Å². The number of rotatable bonds is 3. The van der Waals surface area contributed by atoms with Gasteiger partial charge < -0.3 is 5.11 Å². The summed E-state index contributed by atoms with van der Waals surface area (Å²) in [6, 6.07) is 0. The molecule has 0 heterocycles. The average Bonchev–Trinajstić information content (AvgIpc) is 2.05. The molecule has 0 spiro atoms. The molecule has 0 amide bonds. The average molecular weight is 168 g/mol. The predicted octanol–water partition coefficient (Wildman–Crippen LogP) is 1.68. The van der Waals surface area contributed by atoms with Crippen LogP contribution in [-0.2, 0) is 4.79 Å². The Labute approximate surface area is 73.3 Å². The predicted molar refractivity (Wildman–Crippen MR) is 47.8 cm³/mol. The highest BCUT2D eigenvalue weighted by Gasteiger charge is 2.14. The van der Waals surface area contributed by atoms with Crippen molar-refractivity contribution in [2.75, 3.05) is 6.61 Å². The van der Waals surface area contributed by atoms with Crippen molar-refractivity contribution in [2.45, 2.75) is 32.6 Å². The zero-order chi connectivity index (χ0) is 8.97. The summed E-state index contributed by atoms with van der Waals surface area (Å²) < 4.78 is 0. The molecule has 0 aromatic rings. The molecule has 0 radical (unpaired) electrons. The molecular formula is C10H16O2. The number of aliphatic hydroxyl groups excluding tert-OH is 1. The minimum atomic E-state index is 0.215. The maximum atomic E-state index is 11.0. The summed E-state index contributed by atoms with van der Waals surface area (Å²) in [6.07, 6.45) is 5.27. The molecular weight excluding hydrogens is 152 g/mol. The summed E-state index contributed by atoms with van der Waals surface area (Å²) >= 11 is 0. The van der Waals surface area contributed by atoms with E-state index in [9.17, 15) is 4.79 Å². The van der Waals surface area contributed by atoms with Crippen LogP contribution in [0.2, 0.25) is 0 Å². The van der Waals surface area contributed by atoms with Gasteiger partial charge in [-0.1, -0.05) is 12.5 Å². The summed E-state index contributed by atoms with van der Waals surface area (Å²) in [5.74, 6) is 0.625. The quantitative estimate of drug-likeness (QED) is 0.696. The van der Waals surface area contributed by atoms with Crippen LogP contribution in [0.1, 0.15) is 32.6 Å². The van der Waals surface area contributed by atoms with Crippen molar-refractivity contribution in [2.24, 2.45) is 5.92 Å². The molecule has 1 unspecified atom stereocenters. The van der Waals surface area contributed by atoms with Gasteiger partial charge in [-0.3, -0.25) is 4.79 Å². The largest absolute Gasteiger partial charge is 0.396 e. The van der Waals surface area contributed by atoms with Crippen LogP contribution in [-0.4, -0.2) is 17.5 Å². The van der Waals surface area contributed by atoms with Crippen molar-refractivity contribution in [3.05, 3.63) is 11.6 Å². The number of aliphatic hydroxyl groups is 1. The third-order valence-electron chi connectivity index (χ3n) is 2.43. The summed E-state index contributed by atoms with van der Waals surface area (Å²) in [5.41, 5.74) is 1.22. The first-order chi connectivity index (χ1) is 5.74. The number of hydrogen-bond donors (Lipinski definition) is 1. The standard InChI is InChI=1S/C10H16O2/c1-8(5-6-11)9-3-2-4-10(12)7-9/h7-8,11H,2-6H2,1H3. The van der Waals surface area contributed by atoms with E-state index in [2.05, 4.69) is 6.92 Å². The molecule has 0 bridgehead atoms. The van der Waals surface area contributed by atoms with Gasteiger partial charge in [0.25, 0.3) is 0 Å². The zero-order valence-electron chi connectivity index (χ0n) is 7.55. The van der Waals surface area contributed by atoms with Crippen LogP contribution >= 0.6 is 0 Å². The number of carbonyl (C=O) groups excluding carboxylic acids is 1. The van der Waals surface area contributed by atoms with E-state index in [1.165, 1.54) is 5.57 Å². The van der Waals surface area contributed by atoms with E-state index in [0.29, 0.717) is 12.3 Å². The number of carbonyl (C=O) groups is 1. The first-order valence-electron chi connectivity index (χ1n) is 4.58. The molecule has 0 saturated heterocycles. The van der Waals surface area contributed by atoms with E-state index >= 15 is 0 Å². The molecule has 1 aliphatic rings. The SMILES string of the molecule is CC(CCO)C1=CC(=O)CCC1. The molecule has 2 nitrogen and oxygen atoms in total. The topological polar surface area (TPSA) is 37.3 Å². The molecule has 68 valence electrons. The Morgan fingerprint density at radius 1 is 1.58 bits per heavy atom. The second-order valence-electron chi connectivity index (χ2n) is 3.45. The number of allylic oxidation sites excluding steroid dienone is 2. The summed E-state index contributed by atoms with van der Waals surface area (Å²) in [7, 11) is 0. The van der Waals surface area contributed by atoms with Gasteiger partial charge in [0.15, 0.2) is 5.78 Å². The maximum Gasteiger partial charge on any atom is 0.155 e. The molecule has 0 fully saturated rings. The van der Waals surface area contributed by atoms with E-state index in [4.69, 9.17) is 5.11 Å². The van der Waals surface area contributed by atoms with Crippen molar-refractivity contribution in [1.82, 2.24) is 0 Å². The molecule has 0 saturated carbocycles. The number of ketones is 1. The second-order valence-corrected chi connectivity index (χ2v) is 3.45. The highest BCUT2D eigenvalue weighted by atomic mass is 16.3. The Hall–Kier alpha value is -0.630. The molecule has 1 rings (SSSR count). The summed E-state index contributed by atoms with van der Waals surface area (Å²) in [6.45, 7) is 2.29. The monoisotopic (exact) mass is 168 g/mol. The van der Waals surface area contributed by atoms with Gasteiger partial charge in [-0.2, -0.15) is 0 Å². The molecule has 0 aliphatic heterocycles. The highest BCUT2D eigenvalue weighted by Crippen LogP contribution is 2.24. The van der Waals surface area contributed by atoms with Crippen molar-refractivity contribution in [3.8, 4) is 0 Å². The minimum absolute atomic E-state index is 0.215. The van der Waals surface area contributed by atoms with Crippen LogP contribution in [0.4, 0.5) is 0 Å². The summed E-state index contributed by atoms with van der Waals surface area (Å²) in [4.78, 5) is 11.0. The van der Waals surface area contributed by atoms with Gasteiger partial charge in [0, 0.05) is 13.0 Å². The fourth-order valence-corrected chi connectivity index (χ4v) is 1.59. The second kappa shape index (κ2) is 4.41. The Morgan fingerprint density at radius 2 is 2.33 bits per heavy atom. The van der Waals surface area contributed by atoms with Crippen molar-refractivity contribution in [1.29, 1.82) is 0 Å². The van der Waals surface area contributed by atoms with Crippen LogP contribution in [0, 0.1) is 5.92 Å². The molecule has 0 aromatic heterocycles. The maximum absolute atomic E-state index is 11.0. The molecule has 2 heteroatoms. The van der Waals surface area contributed by atoms with Gasteiger partial charge in [0.1, 0.15) is 0 Å². The Balaban J connectivity index is 2.54. The molecule has 12 heavy (non-hydrogen) atoms. The third-order valence-corrected chi connectivity index (χ3v) is 2.43. The van der Waals surface area contributed by atoms with E-state index in [0.717, 1.165) is 19.3 Å². The Morgan fingerprint density at radius 3 is 2.92 bits per heavy atom. The lowest BCUT2D eigenvalue weighted by Gasteiger charge is -2.17. The van der Waals surface area contributed by atoms with Gasteiger partial charge in [0.05, 0.1) is 0 Å². The molecule has 1 aliphatic carbocycles. The van der Waals surface area contributed by atoms with Crippen LogP contribution < -0.4 is 0 Å². The van der Waals surface area contributed by atoms with Crippen LogP contribution in [0.5, 0.6) is 0 Å². The molecule has 0 aromatic carbocycles. The zero-order valence-corrected chi connectivity index (χ0v) is 7.55. The van der Waals surface area contributed by atoms with E-state index in [1.54, 1.807) is 6.08 Å². The fourth-order valence-electron chi connectivity index (χ4n) is 1.59. The van der Waals surface area contributed by atoms with Crippen molar-refractivity contribution >= 4 is 5.78 Å². The van der Waals surface area contributed by atoms with Crippen molar-refractivity contribution in [3.63, 3.8) is 0 Å². The van der Waals surface area contributed by atoms with E-state index in [1.807, 2.05) is 0 Å². The first-order valence-corrected chi connectivity index (χ1v) is 4.58. The molecule has 1 N–H and O–H groups in total. The van der Waals surface area contributed by atoms with Crippen LogP contribution in [0.15, 0.2) is 11.6 Å².